The van der Waals surface area contributed by atoms with Gasteiger partial charge in [0.25, 0.3) is 0 Å². The number of anilines is 1. The van der Waals surface area contributed by atoms with E-state index >= 15 is 0 Å². The van der Waals surface area contributed by atoms with Crippen LogP contribution in [0.4, 0.5) is 5.95 Å². The van der Waals surface area contributed by atoms with Crippen LogP contribution in [0.2, 0.25) is 0 Å². The molecule has 0 bridgehead atoms. The van der Waals surface area contributed by atoms with E-state index in [1.807, 2.05) is 26.2 Å². The molecule has 0 aromatic carbocycles. The molecule has 0 radical (unpaired) electrons. The van der Waals surface area contributed by atoms with Gasteiger partial charge in [0.2, 0.25) is 5.95 Å². The normalized spacial score (nSPS) is 10.8. The Bertz CT molecular complexity index is 502. The molecule has 98 valence electrons. The highest BCUT2D eigenvalue weighted by Gasteiger charge is 2.06. The lowest BCUT2D eigenvalue weighted by atomic mass is 10.3. The number of hydrogen-bond acceptors (Lipinski definition) is 4. The van der Waals surface area contributed by atoms with Gasteiger partial charge in [-0.25, -0.2) is 4.98 Å². The van der Waals surface area contributed by atoms with Crippen molar-refractivity contribution in [2.75, 3.05) is 19.0 Å². The van der Waals surface area contributed by atoms with Crippen LogP contribution in [0.3, 0.4) is 0 Å². The molecule has 6 heteroatoms. The van der Waals surface area contributed by atoms with Crippen LogP contribution in [-0.4, -0.2) is 33.5 Å². The van der Waals surface area contributed by atoms with Crippen molar-refractivity contribution in [3.05, 3.63) is 29.3 Å². The van der Waals surface area contributed by atoms with Crippen LogP contribution in [-0.2, 0) is 17.8 Å². The Kier molecular flexibility index (Phi) is 3.99. The Labute approximate surface area is 106 Å². The summed E-state index contributed by atoms with van der Waals surface area (Å²) in [6, 6.07) is 0. The number of aromatic amines is 1. The Balaban J connectivity index is 2.02. The van der Waals surface area contributed by atoms with Gasteiger partial charge in [-0.15, -0.1) is 0 Å². The largest absolute Gasteiger partial charge is 0.383 e. The lowest BCUT2D eigenvalue weighted by Gasteiger charge is -2.08. The van der Waals surface area contributed by atoms with Gasteiger partial charge in [-0.05, 0) is 13.8 Å². The van der Waals surface area contributed by atoms with E-state index in [-0.39, 0.29) is 0 Å². The maximum absolute atomic E-state index is 5.09. The molecular formula is C12H19N5O. The van der Waals surface area contributed by atoms with Crippen molar-refractivity contribution in [3.63, 3.8) is 0 Å². The molecular weight excluding hydrogens is 230 g/mol. The number of H-pyrrole nitrogens is 1. The lowest BCUT2D eigenvalue weighted by molar-refractivity contribution is 0.187. The van der Waals surface area contributed by atoms with E-state index in [1.54, 1.807) is 7.11 Å². The second kappa shape index (κ2) is 5.68. The monoisotopic (exact) mass is 249 g/mol. The molecule has 2 heterocycles. The van der Waals surface area contributed by atoms with Crippen molar-refractivity contribution < 1.29 is 4.74 Å². The molecule has 0 atom stereocenters. The highest BCUT2D eigenvalue weighted by Crippen LogP contribution is 2.11. The standard InChI is InChI=1S/C12H19N5O/c1-9-8-17(4-5-18-3)12(15-9)13-6-11-7-14-16-10(11)2/h7-8H,4-6H2,1-3H3,(H,13,15)(H,14,16). The van der Waals surface area contributed by atoms with E-state index in [0.717, 1.165) is 29.4 Å². The predicted octanol–water partition coefficient (Wildman–Crippen LogP) is 1.48. The van der Waals surface area contributed by atoms with Gasteiger partial charge in [-0.1, -0.05) is 0 Å². The number of nitrogens with one attached hydrogen (secondary N) is 2. The van der Waals surface area contributed by atoms with Crippen molar-refractivity contribution in [3.8, 4) is 0 Å². The second-order valence-corrected chi connectivity index (χ2v) is 4.27. The van der Waals surface area contributed by atoms with Crippen molar-refractivity contribution in [2.24, 2.45) is 0 Å². The van der Waals surface area contributed by atoms with Gasteiger partial charge >= 0.3 is 0 Å². The third-order valence-corrected chi connectivity index (χ3v) is 2.80. The fourth-order valence-corrected chi connectivity index (χ4v) is 1.78. The molecule has 0 saturated carbocycles. The molecule has 0 fully saturated rings. The highest BCUT2D eigenvalue weighted by atomic mass is 16.5. The summed E-state index contributed by atoms with van der Waals surface area (Å²) in [6.45, 7) is 6.18. The zero-order chi connectivity index (χ0) is 13.0. The van der Waals surface area contributed by atoms with E-state index in [0.29, 0.717) is 13.2 Å². The Hall–Kier alpha value is -1.82. The summed E-state index contributed by atoms with van der Waals surface area (Å²) in [6.07, 6.45) is 3.85. The summed E-state index contributed by atoms with van der Waals surface area (Å²) in [7, 11) is 1.70. The Morgan fingerprint density at radius 2 is 2.28 bits per heavy atom. The first-order valence-corrected chi connectivity index (χ1v) is 5.96. The minimum absolute atomic E-state index is 0.676. The number of methoxy groups -OCH3 is 1. The van der Waals surface area contributed by atoms with E-state index in [4.69, 9.17) is 4.74 Å². The fraction of sp³-hybridized carbons (Fsp3) is 0.500. The molecule has 6 nitrogen and oxygen atoms in total. The number of aromatic nitrogens is 4. The second-order valence-electron chi connectivity index (χ2n) is 4.27. The summed E-state index contributed by atoms with van der Waals surface area (Å²) in [4.78, 5) is 4.46. The minimum Gasteiger partial charge on any atom is -0.383 e. The molecule has 0 unspecified atom stereocenters. The van der Waals surface area contributed by atoms with Gasteiger partial charge in [-0.3, -0.25) is 5.10 Å². The van der Waals surface area contributed by atoms with Crippen LogP contribution >= 0.6 is 0 Å². The molecule has 0 aliphatic carbocycles. The smallest absolute Gasteiger partial charge is 0.203 e. The van der Waals surface area contributed by atoms with E-state index in [9.17, 15) is 0 Å². The first-order chi connectivity index (χ1) is 8.70. The van der Waals surface area contributed by atoms with Gasteiger partial charge in [-0.2, -0.15) is 5.10 Å². The summed E-state index contributed by atoms with van der Waals surface area (Å²) in [5, 5.41) is 10.2. The van der Waals surface area contributed by atoms with Crippen molar-refractivity contribution in [2.45, 2.75) is 26.9 Å². The van der Waals surface area contributed by atoms with Crippen molar-refractivity contribution >= 4 is 5.95 Å². The molecule has 0 aliphatic rings. The molecule has 0 amide bonds. The number of ether oxygens (including phenoxy) is 1. The number of aryl methyl sites for hydroxylation is 2. The minimum atomic E-state index is 0.676. The predicted molar refractivity (Wildman–Crippen MR) is 69.5 cm³/mol. The average molecular weight is 249 g/mol. The number of imidazole rings is 1. The summed E-state index contributed by atoms with van der Waals surface area (Å²) < 4.78 is 7.15. The van der Waals surface area contributed by atoms with E-state index < -0.39 is 0 Å². The summed E-state index contributed by atoms with van der Waals surface area (Å²) in [5.74, 6) is 0.866. The van der Waals surface area contributed by atoms with E-state index in [2.05, 4.69) is 25.1 Å². The van der Waals surface area contributed by atoms with Gasteiger partial charge in [0.1, 0.15) is 0 Å². The quantitative estimate of drug-likeness (QED) is 0.813. The summed E-state index contributed by atoms with van der Waals surface area (Å²) >= 11 is 0. The van der Waals surface area contributed by atoms with Crippen molar-refractivity contribution in [1.82, 2.24) is 19.7 Å². The van der Waals surface area contributed by atoms with Crippen LogP contribution in [0.15, 0.2) is 12.4 Å². The maximum Gasteiger partial charge on any atom is 0.203 e. The van der Waals surface area contributed by atoms with Crippen LogP contribution < -0.4 is 5.32 Å². The van der Waals surface area contributed by atoms with Gasteiger partial charge in [0, 0.05) is 37.7 Å². The Morgan fingerprint density at radius 1 is 1.44 bits per heavy atom. The fourth-order valence-electron chi connectivity index (χ4n) is 1.78. The average Bonchev–Trinajstić information content (AvgIpc) is 2.90. The van der Waals surface area contributed by atoms with Crippen LogP contribution in [0, 0.1) is 13.8 Å². The molecule has 2 N–H and O–H groups in total. The topological polar surface area (TPSA) is 67.8 Å². The molecule has 0 saturated heterocycles. The molecule has 2 rings (SSSR count). The molecule has 2 aromatic heterocycles. The summed E-state index contributed by atoms with van der Waals surface area (Å²) in [5.41, 5.74) is 3.22. The third-order valence-electron chi connectivity index (χ3n) is 2.80. The van der Waals surface area contributed by atoms with Gasteiger partial charge < -0.3 is 14.6 Å². The van der Waals surface area contributed by atoms with Crippen molar-refractivity contribution in [1.29, 1.82) is 0 Å². The molecule has 2 aromatic rings. The number of nitrogens with zero attached hydrogens (tertiary/aromatic N) is 3. The maximum atomic E-state index is 5.09. The lowest BCUT2D eigenvalue weighted by Crippen LogP contribution is -2.10. The highest BCUT2D eigenvalue weighted by molar-refractivity contribution is 5.31. The number of rotatable bonds is 6. The third kappa shape index (κ3) is 2.89. The van der Waals surface area contributed by atoms with Crippen LogP contribution in [0.25, 0.3) is 0 Å². The Morgan fingerprint density at radius 3 is 2.94 bits per heavy atom. The van der Waals surface area contributed by atoms with Gasteiger partial charge in [0.05, 0.1) is 18.5 Å². The van der Waals surface area contributed by atoms with Crippen LogP contribution in [0.1, 0.15) is 17.0 Å². The molecule has 0 spiro atoms. The number of hydrogen-bond donors (Lipinski definition) is 2. The zero-order valence-corrected chi connectivity index (χ0v) is 11.0. The van der Waals surface area contributed by atoms with Crippen LogP contribution in [0.5, 0.6) is 0 Å². The SMILES string of the molecule is COCCn1cc(C)nc1NCc1cn[nH]c1C. The zero-order valence-electron chi connectivity index (χ0n) is 11.0. The first kappa shape index (κ1) is 12.6. The first-order valence-electron chi connectivity index (χ1n) is 5.96. The van der Waals surface area contributed by atoms with E-state index in [1.165, 1.54) is 0 Å². The molecule has 18 heavy (non-hydrogen) atoms. The molecule has 0 aliphatic heterocycles. The van der Waals surface area contributed by atoms with Gasteiger partial charge in [0.15, 0.2) is 0 Å².